The summed E-state index contributed by atoms with van der Waals surface area (Å²) in [5.41, 5.74) is 3.72. The van der Waals surface area contributed by atoms with E-state index < -0.39 is 0 Å². The van der Waals surface area contributed by atoms with E-state index in [1.165, 1.54) is 16.8 Å². The fraction of sp³-hybridized carbons (Fsp3) is 0.182. The van der Waals surface area contributed by atoms with Crippen LogP contribution in [-0.2, 0) is 6.42 Å². The Labute approximate surface area is 72.5 Å². The van der Waals surface area contributed by atoms with Gasteiger partial charge < -0.3 is 0 Å². The number of pyridine rings is 1. The molecule has 1 aliphatic carbocycles. The zero-order valence-corrected chi connectivity index (χ0v) is 7.12. The summed E-state index contributed by atoms with van der Waals surface area (Å²) in [6.45, 7) is 2.11. The van der Waals surface area contributed by atoms with Crippen LogP contribution in [0.15, 0.2) is 36.1 Å². The van der Waals surface area contributed by atoms with E-state index in [-0.39, 0.29) is 0 Å². The predicted molar refractivity (Wildman–Crippen MR) is 50.7 cm³/mol. The van der Waals surface area contributed by atoms with E-state index in [9.17, 15) is 0 Å². The molecule has 0 N–H and O–H groups in total. The SMILES string of the molecule is CC1=Cc2cccnc2CC=C1. The minimum absolute atomic E-state index is 0.948. The minimum Gasteiger partial charge on any atom is -0.260 e. The molecule has 12 heavy (non-hydrogen) atoms. The molecule has 1 aromatic rings. The lowest BCUT2D eigenvalue weighted by molar-refractivity contribution is 1.10. The van der Waals surface area contributed by atoms with Gasteiger partial charge in [0, 0.05) is 12.6 Å². The third-order valence-electron chi connectivity index (χ3n) is 2.00. The molecule has 0 radical (unpaired) electrons. The van der Waals surface area contributed by atoms with Crippen molar-refractivity contribution in [2.75, 3.05) is 0 Å². The lowest BCUT2D eigenvalue weighted by Crippen LogP contribution is -1.89. The van der Waals surface area contributed by atoms with Gasteiger partial charge in [0.15, 0.2) is 0 Å². The summed E-state index contributed by atoms with van der Waals surface area (Å²) >= 11 is 0. The van der Waals surface area contributed by atoms with Crippen LogP contribution in [-0.4, -0.2) is 4.98 Å². The Morgan fingerprint density at radius 3 is 3.25 bits per heavy atom. The number of hydrogen-bond donors (Lipinski definition) is 0. The highest BCUT2D eigenvalue weighted by Gasteiger charge is 2.01. The van der Waals surface area contributed by atoms with Crippen LogP contribution in [0.4, 0.5) is 0 Å². The van der Waals surface area contributed by atoms with Gasteiger partial charge in [-0.2, -0.15) is 0 Å². The normalized spacial score (nSPS) is 14.9. The zero-order valence-electron chi connectivity index (χ0n) is 7.12. The molecule has 0 aliphatic heterocycles. The predicted octanol–water partition coefficient (Wildman–Crippen LogP) is 2.60. The summed E-state index contributed by atoms with van der Waals surface area (Å²) < 4.78 is 0. The van der Waals surface area contributed by atoms with Gasteiger partial charge >= 0.3 is 0 Å². The van der Waals surface area contributed by atoms with E-state index in [0.717, 1.165) is 6.42 Å². The van der Waals surface area contributed by atoms with Crippen molar-refractivity contribution in [2.24, 2.45) is 0 Å². The number of rotatable bonds is 0. The molecule has 0 spiro atoms. The van der Waals surface area contributed by atoms with Crippen LogP contribution >= 0.6 is 0 Å². The molecule has 0 amide bonds. The van der Waals surface area contributed by atoms with E-state index in [1.54, 1.807) is 0 Å². The fourth-order valence-electron chi connectivity index (χ4n) is 1.40. The first-order chi connectivity index (χ1) is 5.86. The molecule has 1 heterocycles. The van der Waals surface area contributed by atoms with Crippen LogP contribution in [0.2, 0.25) is 0 Å². The number of hydrogen-bond acceptors (Lipinski definition) is 1. The minimum atomic E-state index is 0.948. The van der Waals surface area contributed by atoms with Gasteiger partial charge in [0.1, 0.15) is 0 Å². The van der Waals surface area contributed by atoms with Crippen molar-refractivity contribution < 1.29 is 0 Å². The summed E-state index contributed by atoms with van der Waals surface area (Å²) in [6, 6.07) is 4.09. The average Bonchev–Trinajstić information content (AvgIpc) is 2.25. The molecule has 0 saturated heterocycles. The molecule has 1 aromatic heterocycles. The molecule has 60 valence electrons. The van der Waals surface area contributed by atoms with E-state index in [0.29, 0.717) is 0 Å². The van der Waals surface area contributed by atoms with E-state index >= 15 is 0 Å². The van der Waals surface area contributed by atoms with Crippen LogP contribution < -0.4 is 0 Å². The Hall–Kier alpha value is -1.37. The number of nitrogens with zero attached hydrogens (tertiary/aromatic N) is 1. The number of allylic oxidation sites excluding steroid dienone is 3. The molecule has 0 aromatic carbocycles. The van der Waals surface area contributed by atoms with E-state index in [2.05, 4.69) is 36.2 Å². The topological polar surface area (TPSA) is 12.9 Å². The maximum absolute atomic E-state index is 4.32. The highest BCUT2D eigenvalue weighted by atomic mass is 14.7. The van der Waals surface area contributed by atoms with Gasteiger partial charge in [0.25, 0.3) is 0 Å². The molecule has 0 bridgehead atoms. The van der Waals surface area contributed by atoms with Crippen molar-refractivity contribution in [1.82, 2.24) is 4.98 Å². The molecule has 0 unspecified atom stereocenters. The summed E-state index contributed by atoms with van der Waals surface area (Å²) in [7, 11) is 0. The van der Waals surface area contributed by atoms with Crippen molar-refractivity contribution in [3.05, 3.63) is 47.3 Å². The Kier molecular flexibility index (Phi) is 1.78. The molecule has 1 heteroatoms. The Morgan fingerprint density at radius 2 is 2.33 bits per heavy atom. The van der Waals surface area contributed by atoms with Gasteiger partial charge in [-0.15, -0.1) is 0 Å². The fourth-order valence-corrected chi connectivity index (χ4v) is 1.40. The van der Waals surface area contributed by atoms with Crippen molar-refractivity contribution in [3.8, 4) is 0 Å². The number of fused-ring (bicyclic) bond motifs is 1. The maximum Gasteiger partial charge on any atom is 0.0513 e. The molecular weight excluding hydrogens is 146 g/mol. The second-order valence-electron chi connectivity index (χ2n) is 3.03. The molecule has 0 saturated carbocycles. The quantitative estimate of drug-likeness (QED) is 0.564. The van der Waals surface area contributed by atoms with Gasteiger partial charge in [-0.3, -0.25) is 4.98 Å². The van der Waals surface area contributed by atoms with Crippen LogP contribution in [0.5, 0.6) is 0 Å². The molecule has 1 nitrogen and oxygen atoms in total. The van der Waals surface area contributed by atoms with Gasteiger partial charge in [0.05, 0.1) is 5.69 Å². The lowest BCUT2D eigenvalue weighted by atomic mass is 10.1. The Bertz CT molecular complexity index is 348. The molecular formula is C11H11N. The van der Waals surface area contributed by atoms with Gasteiger partial charge in [0.2, 0.25) is 0 Å². The lowest BCUT2D eigenvalue weighted by Gasteiger charge is -1.98. The molecule has 1 aliphatic rings. The first kappa shape index (κ1) is 7.29. The van der Waals surface area contributed by atoms with Crippen molar-refractivity contribution in [1.29, 1.82) is 0 Å². The number of aromatic nitrogens is 1. The Morgan fingerprint density at radius 1 is 1.42 bits per heavy atom. The summed E-state index contributed by atoms with van der Waals surface area (Å²) in [6.07, 6.45) is 9.27. The largest absolute Gasteiger partial charge is 0.260 e. The Balaban J connectivity index is 2.54. The second kappa shape index (κ2) is 2.94. The van der Waals surface area contributed by atoms with Crippen molar-refractivity contribution in [3.63, 3.8) is 0 Å². The third-order valence-corrected chi connectivity index (χ3v) is 2.00. The first-order valence-electron chi connectivity index (χ1n) is 4.15. The van der Waals surface area contributed by atoms with E-state index in [1.807, 2.05) is 12.3 Å². The first-order valence-corrected chi connectivity index (χ1v) is 4.15. The van der Waals surface area contributed by atoms with Crippen LogP contribution in [0, 0.1) is 0 Å². The second-order valence-corrected chi connectivity index (χ2v) is 3.03. The van der Waals surface area contributed by atoms with Crippen molar-refractivity contribution in [2.45, 2.75) is 13.3 Å². The molecule has 2 rings (SSSR count). The van der Waals surface area contributed by atoms with Crippen LogP contribution in [0.1, 0.15) is 18.2 Å². The van der Waals surface area contributed by atoms with Gasteiger partial charge in [-0.25, -0.2) is 0 Å². The van der Waals surface area contributed by atoms with Crippen molar-refractivity contribution >= 4 is 6.08 Å². The summed E-state index contributed by atoms with van der Waals surface area (Å²) in [4.78, 5) is 4.32. The smallest absolute Gasteiger partial charge is 0.0513 e. The van der Waals surface area contributed by atoms with Gasteiger partial charge in [-0.05, 0) is 18.6 Å². The summed E-state index contributed by atoms with van der Waals surface area (Å²) in [5.74, 6) is 0. The maximum atomic E-state index is 4.32. The third kappa shape index (κ3) is 1.30. The standard InChI is InChI=1S/C11H11N/c1-9-4-2-6-11-10(8-9)5-3-7-12-11/h2-5,7-8H,6H2,1H3. The molecule has 0 atom stereocenters. The monoisotopic (exact) mass is 157 g/mol. The summed E-state index contributed by atoms with van der Waals surface area (Å²) in [5, 5.41) is 0. The highest BCUT2D eigenvalue weighted by molar-refractivity contribution is 5.58. The van der Waals surface area contributed by atoms with Crippen LogP contribution in [0.25, 0.3) is 6.08 Å². The highest BCUT2D eigenvalue weighted by Crippen LogP contribution is 2.15. The zero-order chi connectivity index (χ0) is 8.39. The average molecular weight is 157 g/mol. The van der Waals surface area contributed by atoms with E-state index in [4.69, 9.17) is 0 Å². The molecule has 0 fully saturated rings. The van der Waals surface area contributed by atoms with Crippen LogP contribution in [0.3, 0.4) is 0 Å². The van der Waals surface area contributed by atoms with Gasteiger partial charge in [-0.1, -0.05) is 29.9 Å².